The van der Waals surface area contributed by atoms with Crippen molar-refractivity contribution in [1.82, 2.24) is 9.88 Å². The molecule has 4 rings (SSSR count). The molecule has 0 aliphatic carbocycles. The number of aromatic nitrogens is 1. The third kappa shape index (κ3) is 3.26. The predicted octanol–water partition coefficient (Wildman–Crippen LogP) is 2.84. The lowest BCUT2D eigenvalue weighted by Gasteiger charge is -2.36. The Morgan fingerprint density at radius 2 is 1.93 bits per heavy atom. The van der Waals surface area contributed by atoms with Crippen molar-refractivity contribution in [3.05, 3.63) is 51.0 Å². The van der Waals surface area contributed by atoms with Crippen molar-refractivity contribution in [2.24, 2.45) is 0 Å². The van der Waals surface area contributed by atoms with Crippen molar-refractivity contribution in [3.8, 4) is 0 Å². The zero-order valence-corrected chi connectivity index (χ0v) is 16.1. The Kier molecular flexibility index (Phi) is 4.74. The maximum absolute atomic E-state index is 11.7. The van der Waals surface area contributed by atoms with Crippen molar-refractivity contribution < 1.29 is 19.4 Å². The number of ether oxygens (including phenoxy) is 1. The highest BCUT2D eigenvalue weighted by Gasteiger charge is 2.40. The summed E-state index contributed by atoms with van der Waals surface area (Å²) in [7, 11) is 0. The molecule has 2 aromatic rings. The molecule has 0 saturated carbocycles. The molecule has 0 bridgehead atoms. The number of hydrogen-bond acceptors (Lipinski definition) is 5. The Hall–Kier alpha value is -2.25. The second-order valence-corrected chi connectivity index (χ2v) is 8.24. The van der Waals surface area contributed by atoms with E-state index in [-0.39, 0.29) is 16.9 Å². The summed E-state index contributed by atoms with van der Waals surface area (Å²) < 4.78 is 5.61. The summed E-state index contributed by atoms with van der Waals surface area (Å²) in [5.74, 6) is -0.822. The number of carboxylic acid groups (broad SMARTS) is 1. The van der Waals surface area contributed by atoms with Gasteiger partial charge >= 0.3 is 5.97 Å². The molecule has 142 valence electrons. The molecular formula is C20H22N2O4S. The van der Waals surface area contributed by atoms with Crippen molar-refractivity contribution in [2.75, 3.05) is 19.8 Å². The fourth-order valence-electron chi connectivity index (χ4n) is 3.95. The topological polar surface area (TPSA) is 79.7 Å². The van der Waals surface area contributed by atoms with E-state index in [9.17, 15) is 14.7 Å². The Bertz CT molecular complexity index is 869. The van der Waals surface area contributed by atoms with Crippen LogP contribution in [-0.4, -0.2) is 46.6 Å². The van der Waals surface area contributed by atoms with Crippen molar-refractivity contribution in [2.45, 2.75) is 38.1 Å². The fraction of sp³-hybridized carbons (Fsp3) is 0.450. The first-order chi connectivity index (χ1) is 13.0. The zero-order valence-electron chi connectivity index (χ0n) is 15.2. The molecule has 27 heavy (non-hydrogen) atoms. The third-order valence-electron chi connectivity index (χ3n) is 5.62. The highest BCUT2D eigenvalue weighted by atomic mass is 32.1. The zero-order chi connectivity index (χ0) is 19.0. The van der Waals surface area contributed by atoms with Crippen LogP contribution in [0.3, 0.4) is 0 Å². The lowest BCUT2D eigenvalue weighted by atomic mass is 9.74. The van der Waals surface area contributed by atoms with Crippen LogP contribution < -0.4 is 0 Å². The number of rotatable bonds is 3. The number of benzene rings is 1. The van der Waals surface area contributed by atoms with Gasteiger partial charge in [-0.3, -0.25) is 4.79 Å². The maximum Gasteiger partial charge on any atom is 0.335 e. The quantitative estimate of drug-likeness (QED) is 0.877. The van der Waals surface area contributed by atoms with Gasteiger partial charge < -0.3 is 14.7 Å². The number of hydrogen-bond donors (Lipinski definition) is 1. The van der Waals surface area contributed by atoms with E-state index < -0.39 is 5.97 Å². The van der Waals surface area contributed by atoms with Crippen molar-refractivity contribution in [3.63, 3.8) is 0 Å². The minimum absolute atomic E-state index is 0.0978. The predicted molar refractivity (Wildman–Crippen MR) is 101 cm³/mol. The van der Waals surface area contributed by atoms with E-state index in [4.69, 9.17) is 9.72 Å². The summed E-state index contributed by atoms with van der Waals surface area (Å²) >= 11 is 1.69. The number of carbonyl (C=O) groups excluding carboxylic acids is 1. The summed E-state index contributed by atoms with van der Waals surface area (Å²) in [5.41, 5.74) is 2.22. The molecule has 1 aromatic carbocycles. The van der Waals surface area contributed by atoms with Gasteiger partial charge in [0.1, 0.15) is 5.01 Å². The van der Waals surface area contributed by atoms with E-state index in [1.807, 2.05) is 17.0 Å². The van der Waals surface area contributed by atoms with Crippen LogP contribution in [0.15, 0.2) is 24.3 Å². The van der Waals surface area contributed by atoms with E-state index in [1.54, 1.807) is 30.4 Å². The van der Waals surface area contributed by atoms with Crippen LogP contribution in [0.2, 0.25) is 0 Å². The first-order valence-electron chi connectivity index (χ1n) is 9.16. The van der Waals surface area contributed by atoms with Crippen molar-refractivity contribution in [1.29, 1.82) is 0 Å². The average Bonchev–Trinajstić information content (AvgIpc) is 3.12. The number of carboxylic acids is 1. The molecular weight excluding hydrogens is 364 g/mol. The molecule has 0 unspecified atom stereocenters. The minimum Gasteiger partial charge on any atom is -0.478 e. The number of fused-ring (bicyclic) bond motifs is 1. The van der Waals surface area contributed by atoms with Gasteiger partial charge in [-0.2, -0.15) is 0 Å². The van der Waals surface area contributed by atoms with Crippen LogP contribution >= 0.6 is 11.3 Å². The second kappa shape index (κ2) is 7.05. The molecule has 0 radical (unpaired) electrons. The van der Waals surface area contributed by atoms with E-state index in [1.165, 1.54) is 4.88 Å². The van der Waals surface area contributed by atoms with Crippen LogP contribution in [0, 0.1) is 0 Å². The van der Waals surface area contributed by atoms with Gasteiger partial charge in [0, 0.05) is 38.0 Å². The molecule has 1 saturated heterocycles. The molecule has 6 nitrogen and oxygen atoms in total. The first-order valence-corrected chi connectivity index (χ1v) is 9.97. The van der Waals surface area contributed by atoms with Crippen LogP contribution in [0.4, 0.5) is 0 Å². The number of nitrogens with zero attached hydrogens (tertiary/aromatic N) is 2. The summed E-state index contributed by atoms with van der Waals surface area (Å²) in [6.45, 7) is 4.27. The van der Waals surface area contributed by atoms with Crippen LogP contribution in [0.5, 0.6) is 0 Å². The SMILES string of the molecule is CC(=O)N1CCc2nc(C3(c4ccc(C(=O)O)cc4)CCOCC3)sc2C1. The van der Waals surface area contributed by atoms with Gasteiger partial charge in [0.2, 0.25) is 5.91 Å². The van der Waals surface area contributed by atoms with Crippen LogP contribution in [0.25, 0.3) is 0 Å². The van der Waals surface area contributed by atoms with Gasteiger partial charge in [0.05, 0.1) is 23.2 Å². The summed E-state index contributed by atoms with van der Waals surface area (Å²) in [6.07, 6.45) is 2.43. The van der Waals surface area contributed by atoms with E-state index >= 15 is 0 Å². The number of amides is 1. The largest absolute Gasteiger partial charge is 0.478 e. The molecule has 2 aliphatic heterocycles. The molecule has 7 heteroatoms. The number of aromatic carboxylic acids is 1. The number of carbonyl (C=O) groups is 2. The average molecular weight is 386 g/mol. The van der Waals surface area contributed by atoms with Crippen LogP contribution in [-0.2, 0) is 27.9 Å². The molecule has 1 amide bonds. The van der Waals surface area contributed by atoms with Gasteiger partial charge in [0.25, 0.3) is 0 Å². The summed E-state index contributed by atoms with van der Waals surface area (Å²) in [4.78, 5) is 30.9. The molecule has 1 N–H and O–H groups in total. The normalized spacial score (nSPS) is 18.8. The van der Waals surface area contributed by atoms with E-state index in [0.717, 1.165) is 42.1 Å². The van der Waals surface area contributed by atoms with Gasteiger partial charge in [-0.05, 0) is 30.5 Å². The maximum atomic E-state index is 11.7. The molecule has 1 aromatic heterocycles. The third-order valence-corrected chi connectivity index (χ3v) is 6.90. The molecule has 0 atom stereocenters. The lowest BCUT2D eigenvalue weighted by molar-refractivity contribution is -0.129. The molecule has 3 heterocycles. The number of thiazole rings is 1. The Labute approximate surface area is 161 Å². The summed E-state index contributed by atoms with van der Waals surface area (Å²) in [5, 5.41) is 10.2. The lowest BCUT2D eigenvalue weighted by Crippen LogP contribution is -2.35. The minimum atomic E-state index is -0.920. The smallest absolute Gasteiger partial charge is 0.335 e. The Morgan fingerprint density at radius 1 is 1.22 bits per heavy atom. The highest BCUT2D eigenvalue weighted by Crippen LogP contribution is 2.44. The highest BCUT2D eigenvalue weighted by molar-refractivity contribution is 7.12. The van der Waals surface area contributed by atoms with Gasteiger partial charge in [-0.1, -0.05) is 12.1 Å². The second-order valence-electron chi connectivity index (χ2n) is 7.16. The summed E-state index contributed by atoms with van der Waals surface area (Å²) in [6, 6.07) is 7.16. The standard InChI is InChI=1S/C20H22N2O4S/c1-13(23)22-9-6-16-17(12-22)27-19(21-16)20(7-10-26-11-8-20)15-4-2-14(3-5-15)18(24)25/h2-5H,6-12H2,1H3,(H,24,25). The van der Waals surface area contributed by atoms with Crippen molar-refractivity contribution >= 4 is 23.2 Å². The van der Waals surface area contributed by atoms with Gasteiger partial charge in [-0.25, -0.2) is 9.78 Å². The molecule has 1 fully saturated rings. The molecule has 2 aliphatic rings. The van der Waals surface area contributed by atoms with Gasteiger partial charge in [0.15, 0.2) is 0 Å². The van der Waals surface area contributed by atoms with E-state index in [0.29, 0.717) is 19.8 Å². The monoisotopic (exact) mass is 386 g/mol. The fourth-order valence-corrected chi connectivity index (χ4v) is 5.34. The van der Waals surface area contributed by atoms with Gasteiger partial charge in [-0.15, -0.1) is 11.3 Å². The van der Waals surface area contributed by atoms with E-state index in [2.05, 4.69) is 0 Å². The Morgan fingerprint density at radius 3 is 2.56 bits per heavy atom. The Balaban J connectivity index is 1.73. The first kappa shape index (κ1) is 18.1. The molecule has 0 spiro atoms. The van der Waals surface area contributed by atoms with Crippen LogP contribution in [0.1, 0.15) is 51.3 Å².